The molecule has 0 radical (unpaired) electrons. The van der Waals surface area contributed by atoms with Crippen LogP contribution >= 0.6 is 0 Å². The zero-order valence-electron chi connectivity index (χ0n) is 7.01. The highest BCUT2D eigenvalue weighted by Gasteiger charge is 2.12. The summed E-state index contributed by atoms with van der Waals surface area (Å²) in [6, 6.07) is 6.31. The molecule has 1 aliphatic heterocycles. The van der Waals surface area contributed by atoms with E-state index in [2.05, 4.69) is 23.5 Å². The third kappa shape index (κ3) is 1.24. The van der Waals surface area contributed by atoms with Crippen LogP contribution in [0.4, 0.5) is 0 Å². The maximum absolute atomic E-state index is 8.83. The number of fused-ring (bicyclic) bond motifs is 1. The first-order valence-corrected chi connectivity index (χ1v) is 4.33. The lowest BCUT2D eigenvalue weighted by Crippen LogP contribution is -2.01. The largest absolute Gasteiger partial charge is 0.396 e. The van der Waals surface area contributed by atoms with Crippen molar-refractivity contribution in [2.75, 3.05) is 6.61 Å². The van der Waals surface area contributed by atoms with Crippen molar-refractivity contribution >= 4 is 0 Å². The van der Waals surface area contributed by atoms with Crippen LogP contribution in [0.15, 0.2) is 18.2 Å². The van der Waals surface area contributed by atoms with Gasteiger partial charge in [-0.1, -0.05) is 18.2 Å². The molecule has 1 aromatic carbocycles. The fourth-order valence-corrected chi connectivity index (χ4v) is 1.76. The highest BCUT2D eigenvalue weighted by atomic mass is 16.2. The minimum absolute atomic E-state index is 0.246. The molecule has 0 spiro atoms. The van der Waals surface area contributed by atoms with Gasteiger partial charge in [-0.15, -0.1) is 0 Å². The van der Waals surface area contributed by atoms with Gasteiger partial charge in [-0.2, -0.15) is 0 Å². The Labute approximate surface area is 72.2 Å². The first-order chi connectivity index (χ1) is 5.92. The average Bonchev–Trinajstić information content (AvgIpc) is 2.53. The van der Waals surface area contributed by atoms with Crippen molar-refractivity contribution in [2.45, 2.75) is 19.5 Å². The lowest BCUT2D eigenvalue weighted by molar-refractivity contribution is 0.299. The van der Waals surface area contributed by atoms with E-state index >= 15 is 0 Å². The van der Waals surface area contributed by atoms with Crippen LogP contribution in [0.2, 0.25) is 0 Å². The third-order valence-corrected chi connectivity index (χ3v) is 2.37. The van der Waals surface area contributed by atoms with Gasteiger partial charge in [-0.3, -0.25) is 0 Å². The Balaban J connectivity index is 2.36. The Bertz CT molecular complexity index is 283. The Morgan fingerprint density at radius 1 is 1.33 bits per heavy atom. The van der Waals surface area contributed by atoms with Gasteiger partial charge in [0.2, 0.25) is 0 Å². The van der Waals surface area contributed by atoms with E-state index in [1.165, 1.54) is 16.7 Å². The highest BCUT2D eigenvalue weighted by molar-refractivity contribution is 5.37. The summed E-state index contributed by atoms with van der Waals surface area (Å²) in [4.78, 5) is 0. The highest BCUT2D eigenvalue weighted by Crippen LogP contribution is 2.19. The van der Waals surface area contributed by atoms with Crippen molar-refractivity contribution in [3.8, 4) is 0 Å². The molecule has 1 heterocycles. The molecule has 0 atom stereocenters. The Morgan fingerprint density at radius 3 is 3.08 bits per heavy atom. The van der Waals surface area contributed by atoms with Crippen molar-refractivity contribution in [1.82, 2.24) is 5.32 Å². The topological polar surface area (TPSA) is 32.3 Å². The van der Waals surface area contributed by atoms with E-state index in [1.807, 2.05) is 0 Å². The molecule has 2 nitrogen and oxygen atoms in total. The second-order valence-electron chi connectivity index (χ2n) is 3.13. The van der Waals surface area contributed by atoms with Crippen LogP contribution in [-0.4, -0.2) is 11.7 Å². The summed E-state index contributed by atoms with van der Waals surface area (Å²) in [6.07, 6.45) is 0.783. The molecular weight excluding hydrogens is 150 g/mol. The van der Waals surface area contributed by atoms with E-state index in [9.17, 15) is 0 Å². The number of aliphatic hydroxyl groups excluding tert-OH is 1. The first kappa shape index (κ1) is 7.77. The van der Waals surface area contributed by atoms with Gasteiger partial charge in [0.25, 0.3) is 0 Å². The number of aliphatic hydroxyl groups is 1. The number of benzene rings is 1. The standard InChI is InChI=1S/C10H13NO/c12-5-4-8-2-1-3-9-6-11-7-10(8)9/h1-3,11-12H,4-7H2. The summed E-state index contributed by atoms with van der Waals surface area (Å²) in [7, 11) is 0. The maximum Gasteiger partial charge on any atom is 0.0471 e. The number of nitrogens with one attached hydrogen (secondary N) is 1. The molecule has 0 saturated carbocycles. The van der Waals surface area contributed by atoms with Crippen molar-refractivity contribution < 1.29 is 5.11 Å². The van der Waals surface area contributed by atoms with Gasteiger partial charge < -0.3 is 10.4 Å². The molecule has 0 amide bonds. The van der Waals surface area contributed by atoms with Gasteiger partial charge in [-0.05, 0) is 23.1 Å². The van der Waals surface area contributed by atoms with Gasteiger partial charge >= 0.3 is 0 Å². The van der Waals surface area contributed by atoms with Crippen LogP contribution in [0, 0.1) is 0 Å². The summed E-state index contributed by atoms with van der Waals surface area (Å²) < 4.78 is 0. The van der Waals surface area contributed by atoms with E-state index in [1.54, 1.807) is 0 Å². The molecule has 2 heteroatoms. The van der Waals surface area contributed by atoms with Crippen molar-refractivity contribution in [3.05, 3.63) is 34.9 Å². The lowest BCUT2D eigenvalue weighted by atomic mass is 10.0. The smallest absolute Gasteiger partial charge is 0.0471 e. The molecule has 0 saturated heterocycles. The van der Waals surface area contributed by atoms with Gasteiger partial charge in [0, 0.05) is 19.7 Å². The zero-order chi connectivity index (χ0) is 8.39. The van der Waals surface area contributed by atoms with Crippen LogP contribution in [0.5, 0.6) is 0 Å². The van der Waals surface area contributed by atoms with Crippen LogP contribution in [0.3, 0.4) is 0 Å². The molecule has 1 aliphatic rings. The summed E-state index contributed by atoms with van der Waals surface area (Å²) >= 11 is 0. The molecular formula is C10H13NO. The van der Waals surface area contributed by atoms with Crippen molar-refractivity contribution in [1.29, 1.82) is 0 Å². The minimum atomic E-state index is 0.246. The molecule has 0 bridgehead atoms. The van der Waals surface area contributed by atoms with Crippen molar-refractivity contribution in [3.63, 3.8) is 0 Å². The van der Waals surface area contributed by atoms with Gasteiger partial charge in [0.05, 0.1) is 0 Å². The average molecular weight is 163 g/mol. The summed E-state index contributed by atoms with van der Waals surface area (Å²) in [5, 5.41) is 12.1. The molecule has 12 heavy (non-hydrogen) atoms. The fraction of sp³-hybridized carbons (Fsp3) is 0.400. The first-order valence-electron chi connectivity index (χ1n) is 4.33. The molecule has 0 fully saturated rings. The van der Waals surface area contributed by atoms with E-state index < -0.39 is 0 Å². The Morgan fingerprint density at radius 2 is 2.25 bits per heavy atom. The lowest BCUT2D eigenvalue weighted by Gasteiger charge is -2.04. The van der Waals surface area contributed by atoms with Crippen molar-refractivity contribution in [2.24, 2.45) is 0 Å². The minimum Gasteiger partial charge on any atom is -0.396 e. The molecule has 0 aliphatic carbocycles. The molecule has 0 unspecified atom stereocenters. The molecule has 0 aromatic heterocycles. The molecule has 2 N–H and O–H groups in total. The molecule has 1 aromatic rings. The summed E-state index contributed by atoms with van der Waals surface area (Å²) in [5.74, 6) is 0. The number of hydrogen-bond acceptors (Lipinski definition) is 2. The Hall–Kier alpha value is -0.860. The van der Waals surface area contributed by atoms with E-state index in [0.717, 1.165) is 19.5 Å². The second kappa shape index (κ2) is 3.25. The quantitative estimate of drug-likeness (QED) is 0.676. The van der Waals surface area contributed by atoms with E-state index in [0.29, 0.717) is 0 Å². The summed E-state index contributed by atoms with van der Waals surface area (Å²) in [5.41, 5.74) is 4.08. The predicted molar refractivity (Wildman–Crippen MR) is 47.8 cm³/mol. The van der Waals surface area contributed by atoms with Crippen LogP contribution in [0.1, 0.15) is 16.7 Å². The fourth-order valence-electron chi connectivity index (χ4n) is 1.76. The number of rotatable bonds is 2. The molecule has 64 valence electrons. The zero-order valence-corrected chi connectivity index (χ0v) is 7.01. The van der Waals surface area contributed by atoms with Crippen LogP contribution < -0.4 is 5.32 Å². The number of hydrogen-bond donors (Lipinski definition) is 2. The Kier molecular flexibility index (Phi) is 2.11. The SMILES string of the molecule is OCCc1cccc2c1CNC2. The molecule has 2 rings (SSSR count). The van der Waals surface area contributed by atoms with Crippen LogP contribution in [-0.2, 0) is 19.5 Å². The monoisotopic (exact) mass is 163 g/mol. The third-order valence-electron chi connectivity index (χ3n) is 2.37. The van der Waals surface area contributed by atoms with Gasteiger partial charge in [0.1, 0.15) is 0 Å². The normalized spacial score (nSPS) is 14.8. The maximum atomic E-state index is 8.83. The second-order valence-corrected chi connectivity index (χ2v) is 3.13. The predicted octanol–water partition coefficient (Wildman–Crippen LogP) is 0.825. The van der Waals surface area contributed by atoms with E-state index in [4.69, 9.17) is 5.11 Å². The van der Waals surface area contributed by atoms with Crippen LogP contribution in [0.25, 0.3) is 0 Å². The summed E-state index contributed by atoms with van der Waals surface area (Å²) in [6.45, 7) is 2.19. The van der Waals surface area contributed by atoms with Gasteiger partial charge in [-0.25, -0.2) is 0 Å². The van der Waals surface area contributed by atoms with Gasteiger partial charge in [0.15, 0.2) is 0 Å². The van der Waals surface area contributed by atoms with E-state index in [-0.39, 0.29) is 6.61 Å².